The number of halogens is 1. The van der Waals surface area contributed by atoms with E-state index in [1.54, 1.807) is 31.0 Å². The summed E-state index contributed by atoms with van der Waals surface area (Å²) in [5, 5.41) is 4.44. The zero-order valence-electron chi connectivity index (χ0n) is 16.1. The number of likely N-dealkylation sites (tertiary alicyclic amines) is 1. The van der Waals surface area contributed by atoms with Crippen LogP contribution in [0.15, 0.2) is 54.9 Å². The van der Waals surface area contributed by atoms with Crippen LogP contribution in [0, 0.1) is 5.82 Å². The Labute approximate surface area is 164 Å². The molecule has 0 saturated carbocycles. The quantitative estimate of drug-likeness (QED) is 0.636. The van der Waals surface area contributed by atoms with Crippen LogP contribution in [0.5, 0.6) is 11.5 Å². The lowest BCUT2D eigenvalue weighted by Gasteiger charge is -2.25. The van der Waals surface area contributed by atoms with Gasteiger partial charge in [0.2, 0.25) is 0 Å². The molecule has 146 valence electrons. The normalized spacial score (nSPS) is 17.0. The number of ether oxygens (including phenoxy) is 2. The van der Waals surface area contributed by atoms with E-state index in [1.807, 2.05) is 18.5 Å². The van der Waals surface area contributed by atoms with Crippen molar-refractivity contribution < 1.29 is 13.9 Å². The maximum atomic E-state index is 13.1. The molecule has 0 unspecified atom stereocenters. The van der Waals surface area contributed by atoms with Gasteiger partial charge in [-0.15, -0.1) is 0 Å². The molecule has 1 fully saturated rings. The molecular formula is C22H24FN3O2. The second kappa shape index (κ2) is 8.02. The second-order valence-corrected chi connectivity index (χ2v) is 7.01. The summed E-state index contributed by atoms with van der Waals surface area (Å²) >= 11 is 0. The minimum absolute atomic E-state index is 0.244. The van der Waals surface area contributed by atoms with Gasteiger partial charge in [-0.1, -0.05) is 6.07 Å². The predicted molar refractivity (Wildman–Crippen MR) is 105 cm³/mol. The first-order valence-electron chi connectivity index (χ1n) is 9.43. The topological polar surface area (TPSA) is 39.5 Å². The molecule has 0 aliphatic carbocycles. The summed E-state index contributed by atoms with van der Waals surface area (Å²) in [7, 11) is 3.32. The van der Waals surface area contributed by atoms with Crippen LogP contribution in [0.2, 0.25) is 0 Å². The first-order chi connectivity index (χ1) is 13.7. The molecule has 0 N–H and O–H groups in total. The Kier molecular flexibility index (Phi) is 5.30. The highest BCUT2D eigenvalue weighted by Crippen LogP contribution is 2.37. The molecule has 28 heavy (non-hydrogen) atoms. The molecule has 1 aromatic heterocycles. The van der Waals surface area contributed by atoms with Gasteiger partial charge < -0.3 is 9.47 Å². The largest absolute Gasteiger partial charge is 0.493 e. The predicted octanol–water partition coefficient (Wildman–Crippen LogP) is 4.37. The molecule has 0 radical (unpaired) electrons. The highest BCUT2D eigenvalue weighted by atomic mass is 19.1. The Hall–Kier alpha value is -2.86. The van der Waals surface area contributed by atoms with Crippen LogP contribution in [0.25, 0.3) is 5.69 Å². The van der Waals surface area contributed by atoms with Gasteiger partial charge in [0.15, 0.2) is 11.5 Å². The lowest BCUT2D eigenvalue weighted by atomic mass is 10.0. The molecular weight excluding hydrogens is 357 g/mol. The third-order valence-electron chi connectivity index (χ3n) is 5.27. The van der Waals surface area contributed by atoms with Crippen molar-refractivity contribution in [3.05, 3.63) is 71.8 Å². The van der Waals surface area contributed by atoms with Crippen molar-refractivity contribution in [3.8, 4) is 17.2 Å². The number of hydrogen-bond donors (Lipinski definition) is 0. The fourth-order valence-corrected chi connectivity index (χ4v) is 3.86. The highest BCUT2D eigenvalue weighted by molar-refractivity contribution is 5.44. The van der Waals surface area contributed by atoms with Crippen molar-refractivity contribution in [1.82, 2.24) is 14.7 Å². The van der Waals surface area contributed by atoms with E-state index in [0.29, 0.717) is 6.04 Å². The lowest BCUT2D eigenvalue weighted by Crippen LogP contribution is -2.22. The molecule has 1 aliphatic rings. The van der Waals surface area contributed by atoms with Crippen LogP contribution in [-0.4, -0.2) is 35.4 Å². The van der Waals surface area contributed by atoms with Gasteiger partial charge in [0, 0.05) is 24.3 Å². The van der Waals surface area contributed by atoms with Gasteiger partial charge in [0.25, 0.3) is 0 Å². The van der Waals surface area contributed by atoms with Gasteiger partial charge >= 0.3 is 0 Å². The Morgan fingerprint density at radius 1 is 1.07 bits per heavy atom. The fraction of sp³-hybridized carbons (Fsp3) is 0.318. The monoisotopic (exact) mass is 381 g/mol. The smallest absolute Gasteiger partial charge is 0.161 e. The summed E-state index contributed by atoms with van der Waals surface area (Å²) < 4.78 is 25.7. The van der Waals surface area contributed by atoms with E-state index in [0.717, 1.165) is 48.7 Å². The van der Waals surface area contributed by atoms with Crippen LogP contribution >= 0.6 is 0 Å². The SMILES string of the molecule is COc1ccc([C@H]2CCCN2Cc2cnn(-c3ccc(F)cc3)c2)cc1OC. The lowest BCUT2D eigenvalue weighted by molar-refractivity contribution is 0.247. The zero-order chi connectivity index (χ0) is 19.5. The zero-order valence-corrected chi connectivity index (χ0v) is 16.1. The number of nitrogens with zero attached hydrogens (tertiary/aromatic N) is 3. The van der Waals surface area contributed by atoms with Crippen molar-refractivity contribution in [2.24, 2.45) is 0 Å². The molecule has 2 heterocycles. The number of benzene rings is 2. The molecule has 3 aromatic rings. The molecule has 0 bridgehead atoms. The van der Waals surface area contributed by atoms with Gasteiger partial charge in [-0.25, -0.2) is 9.07 Å². The van der Waals surface area contributed by atoms with Crippen LogP contribution in [0.3, 0.4) is 0 Å². The Morgan fingerprint density at radius 2 is 1.86 bits per heavy atom. The summed E-state index contributed by atoms with van der Waals surface area (Å²) in [5.74, 6) is 1.26. The standard InChI is InChI=1S/C22H24FN3O2/c1-27-21-10-5-17(12-22(21)28-2)20-4-3-11-25(20)14-16-13-24-26(15-16)19-8-6-18(23)7-9-19/h5-10,12-13,15,20H,3-4,11,14H2,1-2H3/t20-/m1/s1. The third kappa shape index (κ3) is 3.73. The van der Waals surface area contributed by atoms with Crippen LogP contribution in [0.1, 0.15) is 30.0 Å². The van der Waals surface area contributed by atoms with Gasteiger partial charge in [-0.05, 0) is 61.3 Å². The summed E-state index contributed by atoms with van der Waals surface area (Å²) in [5.41, 5.74) is 3.23. The van der Waals surface area contributed by atoms with Crippen LogP contribution < -0.4 is 9.47 Å². The minimum atomic E-state index is -0.244. The Balaban J connectivity index is 1.51. The molecule has 6 heteroatoms. The number of methoxy groups -OCH3 is 2. The summed E-state index contributed by atoms with van der Waals surface area (Å²) in [6, 6.07) is 12.9. The molecule has 5 nitrogen and oxygen atoms in total. The molecule has 2 aromatic carbocycles. The maximum absolute atomic E-state index is 13.1. The van der Waals surface area contributed by atoms with E-state index in [9.17, 15) is 4.39 Å². The molecule has 4 rings (SSSR count). The van der Waals surface area contributed by atoms with Gasteiger partial charge in [0.05, 0.1) is 26.1 Å². The van der Waals surface area contributed by atoms with Gasteiger partial charge in [-0.3, -0.25) is 4.90 Å². The second-order valence-electron chi connectivity index (χ2n) is 7.01. The van der Waals surface area contributed by atoms with E-state index in [-0.39, 0.29) is 5.82 Å². The van der Waals surface area contributed by atoms with Crippen molar-refractivity contribution in [2.45, 2.75) is 25.4 Å². The van der Waals surface area contributed by atoms with Crippen molar-refractivity contribution >= 4 is 0 Å². The maximum Gasteiger partial charge on any atom is 0.161 e. The van der Waals surface area contributed by atoms with Crippen molar-refractivity contribution in [3.63, 3.8) is 0 Å². The summed E-state index contributed by atoms with van der Waals surface area (Å²) in [6.07, 6.45) is 6.16. The number of hydrogen-bond acceptors (Lipinski definition) is 4. The van der Waals surface area contributed by atoms with E-state index in [4.69, 9.17) is 9.47 Å². The third-order valence-corrected chi connectivity index (χ3v) is 5.27. The van der Waals surface area contributed by atoms with E-state index >= 15 is 0 Å². The van der Waals surface area contributed by atoms with Crippen LogP contribution in [0.4, 0.5) is 4.39 Å². The number of rotatable bonds is 6. The first kappa shape index (κ1) is 18.5. The van der Waals surface area contributed by atoms with E-state index < -0.39 is 0 Å². The van der Waals surface area contributed by atoms with E-state index in [2.05, 4.69) is 22.1 Å². The van der Waals surface area contributed by atoms with Crippen LogP contribution in [-0.2, 0) is 6.54 Å². The van der Waals surface area contributed by atoms with E-state index in [1.165, 1.54) is 17.7 Å². The van der Waals surface area contributed by atoms with Gasteiger partial charge in [0.1, 0.15) is 5.82 Å². The highest BCUT2D eigenvalue weighted by Gasteiger charge is 2.27. The fourth-order valence-electron chi connectivity index (χ4n) is 3.86. The van der Waals surface area contributed by atoms with Crippen molar-refractivity contribution in [2.75, 3.05) is 20.8 Å². The molecule has 1 aliphatic heterocycles. The molecule has 1 saturated heterocycles. The van der Waals surface area contributed by atoms with Crippen molar-refractivity contribution in [1.29, 1.82) is 0 Å². The molecule has 1 atom stereocenters. The molecule has 0 spiro atoms. The Morgan fingerprint density at radius 3 is 2.61 bits per heavy atom. The Bertz CT molecular complexity index is 939. The summed E-state index contributed by atoms with van der Waals surface area (Å²) in [6.45, 7) is 1.86. The number of aromatic nitrogens is 2. The molecule has 0 amide bonds. The first-order valence-corrected chi connectivity index (χ1v) is 9.43. The summed E-state index contributed by atoms with van der Waals surface area (Å²) in [4.78, 5) is 2.47. The average molecular weight is 381 g/mol. The average Bonchev–Trinajstić information content (AvgIpc) is 3.38. The van der Waals surface area contributed by atoms with Gasteiger partial charge in [-0.2, -0.15) is 5.10 Å². The minimum Gasteiger partial charge on any atom is -0.493 e.